The predicted molar refractivity (Wildman–Crippen MR) is 71.5 cm³/mol. The van der Waals surface area contributed by atoms with Crippen LogP contribution in [-0.4, -0.2) is 42.0 Å². The van der Waals surface area contributed by atoms with Crippen molar-refractivity contribution >= 4 is 15.6 Å². The zero-order valence-corrected chi connectivity index (χ0v) is 12.0. The van der Waals surface area contributed by atoms with Crippen molar-refractivity contribution in [2.45, 2.75) is 38.4 Å². The summed E-state index contributed by atoms with van der Waals surface area (Å²) in [6.07, 6.45) is 5.76. The van der Waals surface area contributed by atoms with Crippen LogP contribution in [0, 0.1) is 0 Å². The van der Waals surface area contributed by atoms with Gasteiger partial charge in [0, 0.05) is 42.9 Å². The lowest BCUT2D eigenvalue weighted by Gasteiger charge is -2.27. The van der Waals surface area contributed by atoms with E-state index in [0.29, 0.717) is 19.4 Å². The number of nitrogens with one attached hydrogen (secondary N) is 1. The van der Waals surface area contributed by atoms with Crippen molar-refractivity contribution < 1.29 is 13.2 Å². The van der Waals surface area contributed by atoms with Gasteiger partial charge in [-0.15, -0.1) is 0 Å². The van der Waals surface area contributed by atoms with E-state index in [0.717, 1.165) is 5.56 Å². The highest BCUT2D eigenvalue weighted by atomic mass is 32.2. The van der Waals surface area contributed by atoms with Crippen LogP contribution in [0.1, 0.15) is 31.4 Å². The van der Waals surface area contributed by atoms with Crippen molar-refractivity contribution in [3.63, 3.8) is 0 Å². The molecule has 0 saturated carbocycles. The van der Waals surface area contributed by atoms with E-state index in [1.54, 1.807) is 10.9 Å². The van der Waals surface area contributed by atoms with E-state index in [-0.39, 0.29) is 23.6 Å². The molecule has 2 heterocycles. The van der Waals surface area contributed by atoms with Gasteiger partial charge in [0.2, 0.25) is 0 Å². The number of Topliss-reactive ketones (excluding diaryl/α,β-unsaturated/α-hetero) is 1. The second kappa shape index (κ2) is 5.42. The van der Waals surface area contributed by atoms with Crippen LogP contribution in [0.25, 0.3) is 0 Å². The van der Waals surface area contributed by atoms with Crippen LogP contribution in [0.5, 0.6) is 0 Å². The van der Waals surface area contributed by atoms with Gasteiger partial charge < -0.3 is 5.32 Å². The SMILES string of the molecule is CC1CC(=O)CC(c2cnn(CCS(C)(=O)=O)c2)N1. The maximum atomic E-state index is 11.6. The van der Waals surface area contributed by atoms with Crippen LogP contribution < -0.4 is 5.32 Å². The molecule has 1 saturated heterocycles. The van der Waals surface area contributed by atoms with Gasteiger partial charge in [0.25, 0.3) is 0 Å². The summed E-state index contributed by atoms with van der Waals surface area (Å²) in [6, 6.07) is 0.161. The smallest absolute Gasteiger partial charge is 0.149 e. The molecular formula is C12H19N3O3S. The minimum absolute atomic E-state index is 0.0109. The molecule has 2 rings (SSSR count). The third-order valence-corrected chi connectivity index (χ3v) is 4.12. The maximum Gasteiger partial charge on any atom is 0.149 e. The first-order chi connectivity index (χ1) is 8.83. The van der Waals surface area contributed by atoms with E-state index in [1.165, 1.54) is 6.26 Å². The molecule has 0 aromatic carbocycles. The average Bonchev–Trinajstić information content (AvgIpc) is 2.72. The summed E-state index contributed by atoms with van der Waals surface area (Å²) in [5.74, 6) is 0.321. The first kappa shape index (κ1) is 14.2. The Morgan fingerprint density at radius 3 is 2.84 bits per heavy atom. The Hall–Kier alpha value is -1.21. The van der Waals surface area contributed by atoms with Crippen molar-refractivity contribution in [2.75, 3.05) is 12.0 Å². The fourth-order valence-corrected chi connectivity index (χ4v) is 2.79. The number of hydrogen-bond acceptors (Lipinski definition) is 5. The second-order valence-electron chi connectivity index (χ2n) is 5.23. The van der Waals surface area contributed by atoms with Crippen LogP contribution in [-0.2, 0) is 21.2 Å². The molecule has 0 bridgehead atoms. The summed E-state index contributed by atoms with van der Waals surface area (Å²) < 4.78 is 23.8. The predicted octanol–water partition coefficient (Wildman–Crippen LogP) is 0.310. The minimum atomic E-state index is -2.99. The van der Waals surface area contributed by atoms with Gasteiger partial charge in [-0.3, -0.25) is 9.48 Å². The molecule has 19 heavy (non-hydrogen) atoms. The lowest BCUT2D eigenvalue weighted by molar-refractivity contribution is -0.121. The van der Waals surface area contributed by atoms with Crippen LogP contribution in [0.4, 0.5) is 0 Å². The van der Waals surface area contributed by atoms with Gasteiger partial charge >= 0.3 is 0 Å². The molecule has 7 heteroatoms. The summed E-state index contributed by atoms with van der Waals surface area (Å²) in [5, 5.41) is 7.50. The fourth-order valence-electron chi connectivity index (χ4n) is 2.27. The maximum absolute atomic E-state index is 11.6. The van der Waals surface area contributed by atoms with Gasteiger partial charge in [-0.2, -0.15) is 5.10 Å². The molecule has 0 aliphatic carbocycles. The zero-order chi connectivity index (χ0) is 14.0. The molecule has 1 aromatic rings. The quantitative estimate of drug-likeness (QED) is 0.861. The number of carbonyl (C=O) groups is 1. The average molecular weight is 285 g/mol. The van der Waals surface area contributed by atoms with Gasteiger partial charge in [-0.1, -0.05) is 0 Å². The molecule has 2 atom stereocenters. The van der Waals surface area contributed by atoms with Gasteiger partial charge in [-0.05, 0) is 6.92 Å². The van der Waals surface area contributed by atoms with Gasteiger partial charge in [0.1, 0.15) is 15.6 Å². The number of sulfone groups is 1. The molecule has 1 fully saturated rings. The minimum Gasteiger partial charge on any atom is -0.306 e. The Morgan fingerprint density at radius 1 is 1.47 bits per heavy atom. The molecule has 1 aromatic heterocycles. The topological polar surface area (TPSA) is 81.1 Å². The van der Waals surface area contributed by atoms with Gasteiger partial charge in [0.05, 0.1) is 18.5 Å². The van der Waals surface area contributed by atoms with Crippen molar-refractivity contribution in [3.8, 4) is 0 Å². The Morgan fingerprint density at radius 2 is 2.21 bits per heavy atom. The molecule has 0 spiro atoms. The normalized spacial score (nSPS) is 24.6. The van der Waals surface area contributed by atoms with Crippen LogP contribution in [0.3, 0.4) is 0 Å². The number of piperidine rings is 1. The monoisotopic (exact) mass is 285 g/mol. The molecule has 1 aliphatic rings. The van der Waals surface area contributed by atoms with Crippen LogP contribution in [0.2, 0.25) is 0 Å². The second-order valence-corrected chi connectivity index (χ2v) is 7.49. The van der Waals surface area contributed by atoms with E-state index >= 15 is 0 Å². The van der Waals surface area contributed by atoms with Crippen molar-refractivity contribution in [2.24, 2.45) is 0 Å². The Labute approximate surface area is 113 Å². The molecule has 2 unspecified atom stereocenters. The summed E-state index contributed by atoms with van der Waals surface area (Å²) in [5.41, 5.74) is 0.938. The Bertz CT molecular complexity index is 565. The van der Waals surface area contributed by atoms with Crippen LogP contribution in [0.15, 0.2) is 12.4 Å². The van der Waals surface area contributed by atoms with E-state index in [1.807, 2.05) is 13.1 Å². The van der Waals surface area contributed by atoms with E-state index in [4.69, 9.17) is 0 Å². The van der Waals surface area contributed by atoms with Crippen molar-refractivity contribution in [1.29, 1.82) is 0 Å². The third-order valence-electron chi connectivity index (χ3n) is 3.20. The number of rotatable bonds is 4. The standard InChI is InChI=1S/C12H19N3O3S/c1-9-5-11(16)6-12(14-9)10-7-13-15(8-10)3-4-19(2,17)18/h7-9,12,14H,3-6H2,1-2H3. The van der Waals surface area contributed by atoms with Crippen LogP contribution >= 0.6 is 0 Å². The number of hydrogen-bond donors (Lipinski definition) is 1. The molecule has 1 N–H and O–H groups in total. The molecule has 1 aliphatic heterocycles. The number of aryl methyl sites for hydroxylation is 1. The summed E-state index contributed by atoms with van der Waals surface area (Å²) >= 11 is 0. The Kier molecular flexibility index (Phi) is 4.05. The highest BCUT2D eigenvalue weighted by molar-refractivity contribution is 7.90. The van der Waals surface area contributed by atoms with E-state index < -0.39 is 9.84 Å². The number of aromatic nitrogens is 2. The third kappa shape index (κ3) is 4.14. The number of nitrogens with zero attached hydrogens (tertiary/aromatic N) is 2. The summed E-state index contributed by atoms with van der Waals surface area (Å²) in [7, 11) is -2.99. The zero-order valence-electron chi connectivity index (χ0n) is 11.2. The van der Waals surface area contributed by atoms with Crippen molar-refractivity contribution in [1.82, 2.24) is 15.1 Å². The number of carbonyl (C=O) groups excluding carboxylic acids is 1. The van der Waals surface area contributed by atoms with Gasteiger partial charge in [0.15, 0.2) is 0 Å². The van der Waals surface area contributed by atoms with E-state index in [2.05, 4.69) is 10.4 Å². The summed E-state index contributed by atoms with van der Waals surface area (Å²) in [4.78, 5) is 11.6. The Balaban J connectivity index is 2.02. The fraction of sp³-hybridized carbons (Fsp3) is 0.667. The first-order valence-electron chi connectivity index (χ1n) is 6.31. The molecule has 0 radical (unpaired) electrons. The lowest BCUT2D eigenvalue weighted by Crippen LogP contribution is -2.38. The highest BCUT2D eigenvalue weighted by Gasteiger charge is 2.25. The van der Waals surface area contributed by atoms with Gasteiger partial charge in [-0.25, -0.2) is 8.42 Å². The molecule has 106 valence electrons. The molecular weight excluding hydrogens is 266 g/mol. The molecule has 0 amide bonds. The largest absolute Gasteiger partial charge is 0.306 e. The highest BCUT2D eigenvalue weighted by Crippen LogP contribution is 2.22. The van der Waals surface area contributed by atoms with E-state index in [9.17, 15) is 13.2 Å². The first-order valence-corrected chi connectivity index (χ1v) is 8.37. The summed E-state index contributed by atoms with van der Waals surface area (Å²) in [6.45, 7) is 2.33. The molecule has 6 nitrogen and oxygen atoms in total. The number of ketones is 1. The lowest BCUT2D eigenvalue weighted by atomic mass is 9.95. The van der Waals surface area contributed by atoms with Crippen molar-refractivity contribution in [3.05, 3.63) is 18.0 Å².